The zero-order valence-electron chi connectivity index (χ0n) is 14.0. The fourth-order valence-electron chi connectivity index (χ4n) is 2.22. The molecule has 0 aliphatic carbocycles. The van der Waals surface area contributed by atoms with E-state index in [2.05, 4.69) is 10.0 Å². The maximum absolute atomic E-state index is 13.0. The van der Waals surface area contributed by atoms with Crippen LogP contribution >= 0.6 is 0 Å². The van der Waals surface area contributed by atoms with Crippen molar-refractivity contribution >= 4 is 21.6 Å². The van der Waals surface area contributed by atoms with Gasteiger partial charge < -0.3 is 5.32 Å². The van der Waals surface area contributed by atoms with Gasteiger partial charge in [-0.2, -0.15) is 13.2 Å². The highest BCUT2D eigenvalue weighted by atomic mass is 32.2. The Morgan fingerprint density at radius 3 is 2.12 bits per heavy atom. The van der Waals surface area contributed by atoms with Gasteiger partial charge in [-0.25, -0.2) is 13.1 Å². The second-order valence-corrected chi connectivity index (χ2v) is 7.51. The second kappa shape index (κ2) is 7.46. The van der Waals surface area contributed by atoms with Crippen LogP contribution in [-0.4, -0.2) is 20.4 Å². The molecule has 2 N–H and O–H groups in total. The lowest BCUT2D eigenvalue weighted by molar-refractivity contribution is -0.137. The number of alkyl halides is 3. The molecule has 5 nitrogen and oxygen atoms in total. The van der Waals surface area contributed by atoms with Gasteiger partial charge in [0.1, 0.15) is 0 Å². The molecular formula is C17H17F3N2O3S. The Balaban J connectivity index is 2.22. The van der Waals surface area contributed by atoms with Gasteiger partial charge in [0.15, 0.2) is 0 Å². The molecule has 0 heterocycles. The van der Waals surface area contributed by atoms with Crippen LogP contribution in [0, 0.1) is 0 Å². The second-order valence-electron chi connectivity index (χ2n) is 5.80. The standard InChI is InChI=1S/C17H17F3N2O3S/c1-11(2)22-26(24,25)13-9-7-12(8-10-13)21-16(23)14-5-3-4-6-15(14)17(18,19)20/h3-11,22H,1-2H3,(H,21,23). The van der Waals surface area contributed by atoms with E-state index in [0.29, 0.717) is 0 Å². The Kier molecular flexibility index (Phi) is 5.72. The Hall–Kier alpha value is -2.39. The monoisotopic (exact) mass is 386 g/mol. The molecule has 0 radical (unpaired) electrons. The number of hydrogen-bond donors (Lipinski definition) is 2. The van der Waals surface area contributed by atoms with Crippen LogP contribution in [0.4, 0.5) is 18.9 Å². The molecule has 0 atom stereocenters. The lowest BCUT2D eigenvalue weighted by Crippen LogP contribution is -2.30. The van der Waals surface area contributed by atoms with Crippen LogP contribution in [-0.2, 0) is 16.2 Å². The van der Waals surface area contributed by atoms with E-state index in [-0.39, 0.29) is 16.6 Å². The van der Waals surface area contributed by atoms with E-state index >= 15 is 0 Å². The first-order valence-corrected chi connectivity index (χ1v) is 9.09. The number of halogens is 3. The molecule has 9 heteroatoms. The molecule has 2 aromatic carbocycles. The summed E-state index contributed by atoms with van der Waals surface area (Å²) in [4.78, 5) is 12.2. The van der Waals surface area contributed by atoms with Crippen molar-refractivity contribution in [2.45, 2.75) is 31.0 Å². The summed E-state index contributed by atoms with van der Waals surface area (Å²) in [6, 6.07) is 9.26. The summed E-state index contributed by atoms with van der Waals surface area (Å²) >= 11 is 0. The van der Waals surface area contributed by atoms with Gasteiger partial charge in [0.2, 0.25) is 10.0 Å². The number of benzene rings is 2. The van der Waals surface area contributed by atoms with Gasteiger partial charge in [-0.1, -0.05) is 12.1 Å². The summed E-state index contributed by atoms with van der Waals surface area (Å²) in [6.07, 6.45) is -4.66. The number of hydrogen-bond acceptors (Lipinski definition) is 3. The van der Waals surface area contributed by atoms with Crippen LogP contribution in [0.25, 0.3) is 0 Å². The molecule has 1 amide bonds. The van der Waals surface area contributed by atoms with Gasteiger partial charge >= 0.3 is 6.18 Å². The normalized spacial score (nSPS) is 12.2. The predicted molar refractivity (Wildman–Crippen MR) is 91.3 cm³/mol. The molecule has 0 aromatic heterocycles. The van der Waals surface area contributed by atoms with Gasteiger partial charge in [-0.05, 0) is 50.2 Å². The van der Waals surface area contributed by atoms with E-state index in [9.17, 15) is 26.4 Å². The molecule has 0 spiro atoms. The highest BCUT2D eigenvalue weighted by molar-refractivity contribution is 7.89. The van der Waals surface area contributed by atoms with Crippen molar-refractivity contribution in [1.82, 2.24) is 4.72 Å². The summed E-state index contributed by atoms with van der Waals surface area (Å²) in [5.41, 5.74) is -1.38. The van der Waals surface area contributed by atoms with E-state index in [1.54, 1.807) is 13.8 Å². The molecule has 0 bridgehead atoms. The SMILES string of the molecule is CC(C)NS(=O)(=O)c1ccc(NC(=O)c2ccccc2C(F)(F)F)cc1. The molecule has 0 unspecified atom stereocenters. The molecule has 0 saturated carbocycles. The molecule has 2 aromatic rings. The minimum Gasteiger partial charge on any atom is -0.322 e. The quantitative estimate of drug-likeness (QED) is 0.824. The molecule has 0 saturated heterocycles. The number of nitrogens with one attached hydrogen (secondary N) is 2. The smallest absolute Gasteiger partial charge is 0.322 e. The fourth-order valence-corrected chi connectivity index (χ4v) is 3.47. The average molecular weight is 386 g/mol. The third kappa shape index (κ3) is 4.83. The molecule has 0 fully saturated rings. The van der Waals surface area contributed by atoms with Gasteiger partial charge in [0.25, 0.3) is 5.91 Å². The molecule has 0 aliphatic rings. The Labute approximate surface area is 149 Å². The average Bonchev–Trinajstić information content (AvgIpc) is 2.53. The van der Waals surface area contributed by atoms with E-state index < -0.39 is 33.2 Å². The lowest BCUT2D eigenvalue weighted by Gasteiger charge is -2.13. The highest BCUT2D eigenvalue weighted by Gasteiger charge is 2.34. The van der Waals surface area contributed by atoms with Crippen LogP contribution < -0.4 is 10.0 Å². The van der Waals surface area contributed by atoms with E-state index in [1.165, 1.54) is 36.4 Å². The lowest BCUT2D eigenvalue weighted by atomic mass is 10.1. The summed E-state index contributed by atoms with van der Waals surface area (Å²) < 4.78 is 65.4. The van der Waals surface area contributed by atoms with E-state index in [0.717, 1.165) is 12.1 Å². The topological polar surface area (TPSA) is 75.3 Å². The van der Waals surface area contributed by atoms with Crippen LogP contribution in [0.5, 0.6) is 0 Å². The zero-order chi connectivity index (χ0) is 19.5. The predicted octanol–water partition coefficient (Wildman–Crippen LogP) is 3.64. The molecule has 140 valence electrons. The summed E-state index contributed by atoms with van der Waals surface area (Å²) in [6.45, 7) is 3.34. The first-order chi connectivity index (χ1) is 12.0. The molecule has 26 heavy (non-hydrogen) atoms. The third-order valence-electron chi connectivity index (χ3n) is 3.29. The Morgan fingerprint density at radius 2 is 1.58 bits per heavy atom. The minimum absolute atomic E-state index is 0.0140. The van der Waals surface area contributed by atoms with Crippen molar-refractivity contribution in [2.75, 3.05) is 5.32 Å². The Bertz CT molecular complexity index is 892. The molecular weight excluding hydrogens is 369 g/mol. The van der Waals surface area contributed by atoms with Crippen molar-refractivity contribution in [3.8, 4) is 0 Å². The van der Waals surface area contributed by atoms with E-state index in [1.807, 2.05) is 0 Å². The van der Waals surface area contributed by atoms with Crippen LogP contribution in [0.2, 0.25) is 0 Å². The summed E-state index contributed by atoms with van der Waals surface area (Å²) in [5, 5.41) is 2.34. The maximum atomic E-state index is 13.0. The van der Waals surface area contributed by atoms with Crippen LogP contribution in [0.3, 0.4) is 0 Å². The third-order valence-corrected chi connectivity index (χ3v) is 4.96. The van der Waals surface area contributed by atoms with Crippen LogP contribution in [0.1, 0.15) is 29.8 Å². The zero-order valence-corrected chi connectivity index (χ0v) is 14.8. The van der Waals surface area contributed by atoms with Crippen LogP contribution in [0.15, 0.2) is 53.4 Å². The van der Waals surface area contributed by atoms with Crippen molar-refractivity contribution in [3.63, 3.8) is 0 Å². The number of carbonyl (C=O) groups is 1. The highest BCUT2D eigenvalue weighted by Crippen LogP contribution is 2.32. The van der Waals surface area contributed by atoms with Crippen molar-refractivity contribution in [3.05, 3.63) is 59.7 Å². The number of sulfonamides is 1. The van der Waals surface area contributed by atoms with Crippen molar-refractivity contribution in [1.29, 1.82) is 0 Å². The van der Waals surface area contributed by atoms with E-state index in [4.69, 9.17) is 0 Å². The number of anilines is 1. The largest absolute Gasteiger partial charge is 0.417 e. The number of carbonyl (C=O) groups excluding carboxylic acids is 1. The van der Waals surface area contributed by atoms with Crippen molar-refractivity contribution in [2.24, 2.45) is 0 Å². The van der Waals surface area contributed by atoms with Gasteiger partial charge in [-0.15, -0.1) is 0 Å². The minimum atomic E-state index is -4.66. The molecule has 2 rings (SSSR count). The van der Waals surface area contributed by atoms with Gasteiger partial charge in [-0.3, -0.25) is 4.79 Å². The van der Waals surface area contributed by atoms with Gasteiger partial charge in [0, 0.05) is 11.7 Å². The summed E-state index contributed by atoms with van der Waals surface area (Å²) in [7, 11) is -3.69. The van der Waals surface area contributed by atoms with Crippen molar-refractivity contribution < 1.29 is 26.4 Å². The summed E-state index contributed by atoms with van der Waals surface area (Å²) in [5.74, 6) is -0.936. The first-order valence-electron chi connectivity index (χ1n) is 7.60. The molecule has 0 aliphatic heterocycles. The maximum Gasteiger partial charge on any atom is 0.417 e. The Morgan fingerprint density at radius 1 is 1.00 bits per heavy atom. The first kappa shape index (κ1) is 19.9. The van der Waals surface area contributed by atoms with Gasteiger partial charge in [0.05, 0.1) is 16.0 Å². The number of amides is 1. The number of rotatable bonds is 5. The fraction of sp³-hybridized carbons (Fsp3) is 0.235.